The van der Waals surface area contributed by atoms with E-state index in [-0.39, 0.29) is 23.3 Å². The van der Waals surface area contributed by atoms with Crippen LogP contribution in [0, 0.1) is 23.2 Å². The Morgan fingerprint density at radius 3 is 2.47 bits per heavy atom. The van der Waals surface area contributed by atoms with E-state index >= 15 is 0 Å². The van der Waals surface area contributed by atoms with E-state index in [1.807, 2.05) is 27.8 Å². The number of carbonyl (C=O) groups excluding carboxylic acids is 2. The maximum atomic E-state index is 13.8. The van der Waals surface area contributed by atoms with Gasteiger partial charge < -0.3 is 10.2 Å². The van der Waals surface area contributed by atoms with Crippen LogP contribution in [0.3, 0.4) is 0 Å². The van der Waals surface area contributed by atoms with Gasteiger partial charge in [-0.05, 0) is 80.8 Å². The molecule has 1 aliphatic heterocycles. The molecule has 4 saturated carbocycles. The summed E-state index contributed by atoms with van der Waals surface area (Å²) >= 11 is 0. The van der Waals surface area contributed by atoms with Crippen molar-refractivity contribution in [3.63, 3.8) is 0 Å². The van der Waals surface area contributed by atoms with Gasteiger partial charge in [-0.2, -0.15) is 0 Å². The summed E-state index contributed by atoms with van der Waals surface area (Å²) in [7, 11) is 0. The minimum absolute atomic E-state index is 0.0285. The molecule has 4 bridgehead atoms. The highest BCUT2D eigenvalue weighted by atomic mass is 16.2. The third-order valence-corrected chi connectivity index (χ3v) is 8.35. The highest BCUT2D eigenvalue weighted by molar-refractivity contribution is 5.91. The fraction of sp³-hybridized carbons (Fsp3) is 0.600. The average molecular weight is 434 g/mol. The van der Waals surface area contributed by atoms with E-state index in [0.717, 1.165) is 67.8 Å². The molecule has 2 aromatic heterocycles. The van der Waals surface area contributed by atoms with Gasteiger partial charge in [0, 0.05) is 31.7 Å². The van der Waals surface area contributed by atoms with Crippen molar-refractivity contribution in [3.05, 3.63) is 42.6 Å². The van der Waals surface area contributed by atoms with Gasteiger partial charge in [-0.3, -0.25) is 14.2 Å². The zero-order valence-corrected chi connectivity index (χ0v) is 18.4. The Morgan fingerprint density at radius 1 is 1.09 bits per heavy atom. The van der Waals surface area contributed by atoms with Crippen LogP contribution in [0.4, 0.5) is 0 Å². The molecule has 1 N–H and O–H groups in total. The number of hydrogen-bond acceptors (Lipinski definition) is 4. The Morgan fingerprint density at radius 2 is 1.84 bits per heavy atom. The standard InChI is InChI=1S/C25H31N5O2/c31-23(28-15-17-3-4-22(27-14-17)29-7-5-26-16-29)21-2-1-6-30(21)24(32)25-11-18-8-19(12-25)10-20(9-18)13-25/h3-5,7,14,16,18-21H,1-2,6,8-13,15H2,(H,28,31). The van der Waals surface area contributed by atoms with Gasteiger partial charge in [0.05, 0.1) is 5.41 Å². The SMILES string of the molecule is O=C(NCc1ccc(-n2ccnc2)nc1)C1CCCN1C(=O)C12CC3CC(CC(C3)C1)C2. The van der Waals surface area contributed by atoms with E-state index in [9.17, 15) is 9.59 Å². The topological polar surface area (TPSA) is 80.1 Å². The number of nitrogens with zero attached hydrogens (tertiary/aromatic N) is 4. The first-order valence-corrected chi connectivity index (χ1v) is 12.1. The number of rotatable bonds is 5. The number of aromatic nitrogens is 3. The molecule has 1 saturated heterocycles. The largest absolute Gasteiger partial charge is 0.350 e. The molecule has 1 unspecified atom stereocenters. The summed E-state index contributed by atoms with van der Waals surface area (Å²) in [5, 5.41) is 3.06. The highest BCUT2D eigenvalue weighted by Gasteiger charge is 2.56. The first-order chi connectivity index (χ1) is 15.6. The van der Waals surface area contributed by atoms with Crippen LogP contribution in [0.5, 0.6) is 0 Å². The lowest BCUT2D eigenvalue weighted by molar-refractivity contribution is -0.160. The quantitative estimate of drug-likeness (QED) is 0.786. The minimum atomic E-state index is -0.325. The lowest BCUT2D eigenvalue weighted by Gasteiger charge is -2.56. The molecule has 32 heavy (non-hydrogen) atoms. The van der Waals surface area contributed by atoms with E-state index in [1.165, 1.54) is 19.3 Å². The van der Waals surface area contributed by atoms with Crippen LogP contribution < -0.4 is 5.32 Å². The van der Waals surface area contributed by atoms with Gasteiger partial charge in [-0.1, -0.05) is 6.07 Å². The predicted octanol–water partition coefficient (Wildman–Crippen LogP) is 3.09. The second-order valence-electron chi connectivity index (χ2n) is 10.6. The summed E-state index contributed by atoms with van der Waals surface area (Å²) in [4.78, 5) is 37.3. The number of nitrogens with one attached hydrogen (secondary N) is 1. The van der Waals surface area contributed by atoms with Gasteiger partial charge in [0.1, 0.15) is 18.2 Å². The summed E-state index contributed by atoms with van der Waals surface area (Å²) in [6.07, 6.45) is 15.9. The van der Waals surface area contributed by atoms with Crippen molar-refractivity contribution in [2.24, 2.45) is 23.2 Å². The van der Waals surface area contributed by atoms with E-state index in [1.54, 1.807) is 18.7 Å². The minimum Gasteiger partial charge on any atom is -0.350 e. The third kappa shape index (κ3) is 3.42. The molecule has 4 aliphatic carbocycles. The molecule has 7 rings (SSSR count). The van der Waals surface area contributed by atoms with Gasteiger partial charge in [-0.25, -0.2) is 9.97 Å². The van der Waals surface area contributed by atoms with Crippen LogP contribution in [0.15, 0.2) is 37.1 Å². The summed E-state index contributed by atoms with van der Waals surface area (Å²) < 4.78 is 1.84. The van der Waals surface area contributed by atoms with Crippen LogP contribution in [0.25, 0.3) is 5.82 Å². The van der Waals surface area contributed by atoms with Crippen LogP contribution in [-0.2, 0) is 16.1 Å². The Hall–Kier alpha value is -2.70. The Balaban J connectivity index is 1.10. The van der Waals surface area contributed by atoms with Gasteiger partial charge in [0.15, 0.2) is 0 Å². The molecule has 2 aromatic rings. The Kier molecular flexibility index (Phi) is 4.81. The van der Waals surface area contributed by atoms with Gasteiger partial charge in [0.2, 0.25) is 11.8 Å². The van der Waals surface area contributed by atoms with Crippen LogP contribution in [0.1, 0.15) is 56.9 Å². The van der Waals surface area contributed by atoms with Crippen LogP contribution >= 0.6 is 0 Å². The molecule has 3 heterocycles. The zero-order chi connectivity index (χ0) is 21.7. The summed E-state index contributed by atoms with van der Waals surface area (Å²) in [6.45, 7) is 1.14. The molecular weight excluding hydrogens is 402 g/mol. The van der Waals surface area contributed by atoms with Crippen molar-refractivity contribution in [2.45, 2.75) is 64.0 Å². The van der Waals surface area contributed by atoms with Gasteiger partial charge >= 0.3 is 0 Å². The van der Waals surface area contributed by atoms with Gasteiger partial charge in [0.25, 0.3) is 0 Å². The number of pyridine rings is 1. The summed E-state index contributed by atoms with van der Waals surface area (Å²) in [6, 6.07) is 3.56. The first-order valence-electron chi connectivity index (χ1n) is 12.1. The lowest BCUT2D eigenvalue weighted by atomic mass is 9.49. The van der Waals surface area contributed by atoms with E-state index in [0.29, 0.717) is 6.54 Å². The molecular formula is C25H31N5O2. The van der Waals surface area contributed by atoms with Crippen LogP contribution in [0.2, 0.25) is 0 Å². The van der Waals surface area contributed by atoms with Crippen molar-refractivity contribution in [3.8, 4) is 5.82 Å². The second-order valence-corrected chi connectivity index (χ2v) is 10.6. The fourth-order valence-electron chi connectivity index (χ4n) is 7.34. The highest BCUT2D eigenvalue weighted by Crippen LogP contribution is 2.60. The molecule has 0 spiro atoms. The summed E-state index contributed by atoms with van der Waals surface area (Å²) in [5.74, 6) is 3.24. The lowest BCUT2D eigenvalue weighted by Crippen LogP contribution is -2.57. The normalized spacial score (nSPS) is 32.9. The van der Waals surface area contributed by atoms with Crippen molar-refractivity contribution < 1.29 is 9.59 Å². The molecule has 168 valence electrons. The monoisotopic (exact) mass is 433 g/mol. The smallest absolute Gasteiger partial charge is 0.243 e. The van der Waals surface area contributed by atoms with Crippen molar-refractivity contribution >= 4 is 11.8 Å². The van der Waals surface area contributed by atoms with E-state index in [4.69, 9.17) is 0 Å². The number of amides is 2. The Bertz CT molecular complexity index is 965. The summed E-state index contributed by atoms with van der Waals surface area (Å²) in [5.41, 5.74) is 0.768. The average Bonchev–Trinajstić information content (AvgIpc) is 3.49. The predicted molar refractivity (Wildman–Crippen MR) is 119 cm³/mol. The molecule has 7 nitrogen and oxygen atoms in total. The van der Waals surface area contributed by atoms with Crippen molar-refractivity contribution in [1.29, 1.82) is 0 Å². The molecule has 1 atom stereocenters. The maximum absolute atomic E-state index is 13.8. The molecule has 0 radical (unpaired) electrons. The fourth-order valence-corrected chi connectivity index (χ4v) is 7.34. The molecule has 5 fully saturated rings. The zero-order valence-electron chi connectivity index (χ0n) is 18.4. The maximum Gasteiger partial charge on any atom is 0.243 e. The number of imidazole rings is 1. The first kappa shape index (κ1) is 19.9. The van der Waals surface area contributed by atoms with Crippen molar-refractivity contribution in [1.82, 2.24) is 24.8 Å². The molecule has 7 heteroatoms. The number of carbonyl (C=O) groups is 2. The Labute approximate surface area is 188 Å². The molecule has 2 amide bonds. The number of likely N-dealkylation sites (tertiary alicyclic amines) is 1. The second kappa shape index (κ2) is 7.71. The van der Waals surface area contributed by atoms with Crippen LogP contribution in [-0.4, -0.2) is 43.8 Å². The molecule has 0 aromatic carbocycles. The van der Waals surface area contributed by atoms with Crippen molar-refractivity contribution in [2.75, 3.05) is 6.54 Å². The van der Waals surface area contributed by atoms with E-state index in [2.05, 4.69) is 15.3 Å². The third-order valence-electron chi connectivity index (χ3n) is 8.35. The number of hydrogen-bond donors (Lipinski definition) is 1. The molecule has 5 aliphatic rings. The van der Waals surface area contributed by atoms with E-state index < -0.39 is 0 Å². The van der Waals surface area contributed by atoms with Gasteiger partial charge in [-0.15, -0.1) is 0 Å².